The number of carbonyl (C=O) groups is 1. The van der Waals surface area contributed by atoms with E-state index in [4.69, 9.17) is 9.47 Å². The smallest absolute Gasteiger partial charge is 0.335 e. The number of carboxylic acid groups (broad SMARTS) is 1. The van der Waals surface area contributed by atoms with Gasteiger partial charge in [-0.15, -0.1) is 0 Å². The van der Waals surface area contributed by atoms with Crippen LogP contribution < -0.4 is 19.9 Å². The van der Waals surface area contributed by atoms with E-state index in [1.807, 2.05) is 29.2 Å². The second kappa shape index (κ2) is 9.60. The number of benzene rings is 2. The summed E-state index contributed by atoms with van der Waals surface area (Å²) in [4.78, 5) is 28.5. The van der Waals surface area contributed by atoms with E-state index in [0.29, 0.717) is 22.7 Å². The van der Waals surface area contributed by atoms with Gasteiger partial charge in [-0.05, 0) is 62.1 Å². The van der Waals surface area contributed by atoms with Crippen LogP contribution in [0.4, 0.5) is 11.4 Å². The summed E-state index contributed by atoms with van der Waals surface area (Å²) >= 11 is 0. The quantitative estimate of drug-likeness (QED) is 0.532. The highest BCUT2D eigenvalue weighted by atomic mass is 16.5. The largest absolute Gasteiger partial charge is 0.493 e. The van der Waals surface area contributed by atoms with Crippen LogP contribution >= 0.6 is 0 Å². The van der Waals surface area contributed by atoms with Gasteiger partial charge >= 0.3 is 5.97 Å². The van der Waals surface area contributed by atoms with E-state index >= 15 is 0 Å². The Kier molecular flexibility index (Phi) is 6.44. The number of H-pyrrole nitrogens is 1. The molecular weight excluding hydrogens is 408 g/mol. The third-order valence-electron chi connectivity index (χ3n) is 5.69. The van der Waals surface area contributed by atoms with Crippen LogP contribution in [0.15, 0.2) is 65.6 Å². The number of aromatic carboxylic acids is 1. The van der Waals surface area contributed by atoms with E-state index in [-0.39, 0.29) is 23.8 Å². The Morgan fingerprint density at radius 3 is 2.56 bits per heavy atom. The lowest BCUT2D eigenvalue weighted by atomic mass is 10.1. The highest BCUT2D eigenvalue weighted by Crippen LogP contribution is 2.37. The maximum atomic E-state index is 12.4. The molecule has 7 nitrogen and oxygen atoms in total. The minimum atomic E-state index is -1.01. The first kappa shape index (κ1) is 21.5. The number of pyridine rings is 1. The minimum absolute atomic E-state index is 0.153. The minimum Gasteiger partial charge on any atom is -0.493 e. The van der Waals surface area contributed by atoms with Gasteiger partial charge in [-0.1, -0.05) is 12.1 Å². The molecule has 1 aromatic heterocycles. The molecule has 32 heavy (non-hydrogen) atoms. The Morgan fingerprint density at radius 1 is 1.06 bits per heavy atom. The number of carboxylic acids is 1. The monoisotopic (exact) mass is 434 g/mol. The molecule has 166 valence electrons. The average Bonchev–Trinajstić information content (AvgIpc) is 3.32. The Hall–Kier alpha value is -3.74. The van der Waals surface area contributed by atoms with Crippen molar-refractivity contribution in [1.29, 1.82) is 0 Å². The molecule has 1 aliphatic rings. The number of hydrogen-bond donors (Lipinski definition) is 2. The van der Waals surface area contributed by atoms with Gasteiger partial charge in [0.1, 0.15) is 0 Å². The predicted octanol–water partition coefficient (Wildman–Crippen LogP) is 4.74. The van der Waals surface area contributed by atoms with Crippen molar-refractivity contribution in [2.45, 2.75) is 38.3 Å². The Bertz CT molecular complexity index is 1150. The summed E-state index contributed by atoms with van der Waals surface area (Å²) < 4.78 is 11.8. The van der Waals surface area contributed by atoms with E-state index in [0.717, 1.165) is 31.4 Å². The van der Waals surface area contributed by atoms with Crippen molar-refractivity contribution < 1.29 is 19.4 Å². The van der Waals surface area contributed by atoms with Crippen LogP contribution in [0.5, 0.6) is 11.5 Å². The van der Waals surface area contributed by atoms with Crippen LogP contribution in [0.3, 0.4) is 0 Å². The molecule has 2 N–H and O–H groups in total. The van der Waals surface area contributed by atoms with Crippen LogP contribution in [-0.4, -0.2) is 29.3 Å². The number of rotatable bonds is 8. The second-order valence-corrected chi connectivity index (χ2v) is 7.83. The number of hydrogen-bond acceptors (Lipinski definition) is 5. The number of nitrogens with zero attached hydrogens (tertiary/aromatic N) is 1. The van der Waals surface area contributed by atoms with Crippen molar-refractivity contribution in [3.8, 4) is 11.5 Å². The number of ether oxygens (including phenoxy) is 2. The van der Waals surface area contributed by atoms with Crippen LogP contribution in [0, 0.1) is 0 Å². The molecule has 1 fully saturated rings. The molecular formula is C25H26N2O5. The number of aromatic amines is 1. The van der Waals surface area contributed by atoms with E-state index in [2.05, 4.69) is 4.98 Å². The van der Waals surface area contributed by atoms with Gasteiger partial charge in [-0.25, -0.2) is 4.79 Å². The molecule has 7 heteroatoms. The zero-order valence-electron chi connectivity index (χ0n) is 17.9. The Balaban J connectivity index is 1.77. The zero-order valence-corrected chi connectivity index (χ0v) is 17.9. The summed E-state index contributed by atoms with van der Waals surface area (Å²) in [7, 11) is 1.61. The van der Waals surface area contributed by atoms with Crippen LogP contribution in [0.1, 0.15) is 41.6 Å². The van der Waals surface area contributed by atoms with Crippen molar-refractivity contribution in [2.75, 3.05) is 12.0 Å². The fraction of sp³-hybridized carbons (Fsp3) is 0.280. The summed E-state index contributed by atoms with van der Waals surface area (Å²) in [6.07, 6.45) is 6.06. The first-order valence-corrected chi connectivity index (χ1v) is 10.7. The third kappa shape index (κ3) is 4.77. The number of anilines is 2. The van der Waals surface area contributed by atoms with E-state index in [9.17, 15) is 14.7 Å². The number of methoxy groups -OCH3 is 1. The summed E-state index contributed by atoms with van der Waals surface area (Å²) in [5.41, 5.74) is 1.96. The third-order valence-corrected chi connectivity index (χ3v) is 5.69. The van der Waals surface area contributed by atoms with E-state index in [1.54, 1.807) is 43.6 Å². The summed E-state index contributed by atoms with van der Waals surface area (Å²) in [5, 5.41) is 9.46. The summed E-state index contributed by atoms with van der Waals surface area (Å²) in [6.45, 7) is 0.258. The normalized spacial score (nSPS) is 13.7. The van der Waals surface area contributed by atoms with E-state index < -0.39 is 5.97 Å². The first-order chi connectivity index (χ1) is 15.5. The Labute approximate surface area is 186 Å². The molecule has 0 spiro atoms. The van der Waals surface area contributed by atoms with Crippen molar-refractivity contribution in [3.05, 3.63) is 82.3 Å². The molecule has 0 unspecified atom stereocenters. The molecule has 0 amide bonds. The highest BCUT2D eigenvalue weighted by Gasteiger charge is 2.21. The average molecular weight is 434 g/mol. The van der Waals surface area contributed by atoms with Gasteiger partial charge in [-0.2, -0.15) is 0 Å². The molecule has 4 rings (SSSR count). The standard InChI is InChI=1S/C25H26N2O5/c1-31-22-12-11-20(15-23(22)32-21-9-2-3-10-21)27(16-18-7-5-13-26-24(18)28)19-8-4-6-17(14-19)25(29)30/h4-8,11-15,21H,2-3,9-10,16H2,1H3,(H,26,28)(H,29,30). The van der Waals surface area contributed by atoms with Crippen molar-refractivity contribution in [1.82, 2.24) is 4.98 Å². The fourth-order valence-electron chi connectivity index (χ4n) is 4.00. The van der Waals surface area contributed by atoms with Gasteiger partial charge in [0.15, 0.2) is 11.5 Å². The van der Waals surface area contributed by atoms with Gasteiger partial charge in [0.25, 0.3) is 5.56 Å². The van der Waals surface area contributed by atoms with Crippen molar-refractivity contribution >= 4 is 17.3 Å². The van der Waals surface area contributed by atoms with Crippen LogP contribution in [-0.2, 0) is 6.54 Å². The summed E-state index contributed by atoms with van der Waals surface area (Å²) in [6, 6.07) is 15.8. The van der Waals surface area contributed by atoms with Crippen LogP contribution in [0.2, 0.25) is 0 Å². The maximum Gasteiger partial charge on any atom is 0.335 e. The molecule has 3 aromatic rings. The maximum absolute atomic E-state index is 12.4. The summed E-state index contributed by atoms with van der Waals surface area (Å²) in [5.74, 6) is 0.264. The number of aromatic nitrogens is 1. The molecule has 2 aromatic carbocycles. The number of nitrogens with one attached hydrogen (secondary N) is 1. The lowest BCUT2D eigenvalue weighted by molar-refractivity contribution is 0.0697. The molecule has 0 bridgehead atoms. The predicted molar refractivity (Wildman–Crippen MR) is 122 cm³/mol. The highest BCUT2D eigenvalue weighted by molar-refractivity contribution is 5.89. The van der Waals surface area contributed by atoms with E-state index in [1.165, 1.54) is 0 Å². The molecule has 1 saturated carbocycles. The second-order valence-electron chi connectivity index (χ2n) is 7.83. The lowest BCUT2D eigenvalue weighted by Crippen LogP contribution is -2.23. The van der Waals surface area contributed by atoms with Gasteiger partial charge < -0.3 is 24.5 Å². The fourth-order valence-corrected chi connectivity index (χ4v) is 4.00. The molecule has 0 radical (unpaired) electrons. The van der Waals surface area contributed by atoms with Gasteiger partial charge in [-0.3, -0.25) is 4.79 Å². The van der Waals surface area contributed by atoms with Crippen molar-refractivity contribution in [2.24, 2.45) is 0 Å². The lowest BCUT2D eigenvalue weighted by Gasteiger charge is -2.26. The molecule has 0 atom stereocenters. The first-order valence-electron chi connectivity index (χ1n) is 10.7. The van der Waals surface area contributed by atoms with Gasteiger partial charge in [0, 0.05) is 29.2 Å². The Morgan fingerprint density at radius 2 is 1.84 bits per heavy atom. The molecule has 0 aliphatic heterocycles. The van der Waals surface area contributed by atoms with Crippen LogP contribution in [0.25, 0.3) is 0 Å². The SMILES string of the molecule is COc1ccc(N(Cc2ccc[nH]c2=O)c2cccc(C(=O)O)c2)cc1OC1CCCC1. The van der Waals surface area contributed by atoms with Crippen molar-refractivity contribution in [3.63, 3.8) is 0 Å². The topological polar surface area (TPSA) is 91.9 Å². The molecule has 1 aliphatic carbocycles. The molecule has 1 heterocycles. The van der Waals surface area contributed by atoms with Gasteiger partial charge in [0.2, 0.25) is 0 Å². The van der Waals surface area contributed by atoms with Gasteiger partial charge in [0.05, 0.1) is 25.3 Å². The zero-order chi connectivity index (χ0) is 22.5. The molecule has 0 saturated heterocycles.